The smallest absolute Gasteiger partial charge is 0.341 e. The minimum Gasteiger partial charge on any atom is -0.462 e. The second-order valence-corrected chi connectivity index (χ2v) is 11.2. The molecule has 0 atom stereocenters. The van der Waals surface area contributed by atoms with Gasteiger partial charge in [-0.15, -0.1) is 22.7 Å². The van der Waals surface area contributed by atoms with Crippen LogP contribution in [-0.2, 0) is 16.1 Å². The molecule has 0 spiro atoms. The van der Waals surface area contributed by atoms with Gasteiger partial charge in [0.25, 0.3) is 11.5 Å². The number of fused-ring (bicyclic) bond motifs is 1. The molecular formula is C27H28N4O5S2. The number of aromatic nitrogens is 2. The fraction of sp³-hybridized carbons (Fsp3) is 0.296. The average Bonchev–Trinajstić information content (AvgIpc) is 3.33. The molecule has 11 heteroatoms. The zero-order valence-corrected chi connectivity index (χ0v) is 23.6. The standard InChI is InChI=1S/C27H28N4O5S2/c1-7-36-27(35)21-15(4)17(6)37-25(21)30-19(32)11-31-12-28-24-20(26(31)34)16(5)22(38-24)23(33)29-18-9-8-13(2)10-14(18)3/h8-10,12H,7,11H2,1-6H3,(H,29,33)(H,30,32). The van der Waals surface area contributed by atoms with Crippen molar-refractivity contribution >= 4 is 61.4 Å². The molecule has 4 rings (SSSR count). The number of benzene rings is 1. The molecule has 0 unspecified atom stereocenters. The van der Waals surface area contributed by atoms with Gasteiger partial charge in [-0.05, 0) is 64.3 Å². The van der Waals surface area contributed by atoms with E-state index in [1.807, 2.05) is 39.0 Å². The van der Waals surface area contributed by atoms with Crippen LogP contribution in [0.5, 0.6) is 0 Å². The zero-order valence-electron chi connectivity index (χ0n) is 22.0. The van der Waals surface area contributed by atoms with Crippen molar-refractivity contribution in [3.63, 3.8) is 0 Å². The highest BCUT2D eigenvalue weighted by Gasteiger charge is 2.23. The second-order valence-electron chi connectivity index (χ2n) is 8.94. The van der Waals surface area contributed by atoms with Gasteiger partial charge >= 0.3 is 5.97 Å². The Morgan fingerprint density at radius 3 is 2.45 bits per heavy atom. The molecule has 0 saturated heterocycles. The van der Waals surface area contributed by atoms with Crippen molar-refractivity contribution in [1.82, 2.24) is 9.55 Å². The highest BCUT2D eigenvalue weighted by molar-refractivity contribution is 7.20. The summed E-state index contributed by atoms with van der Waals surface area (Å²) in [4.78, 5) is 57.7. The third kappa shape index (κ3) is 5.25. The summed E-state index contributed by atoms with van der Waals surface area (Å²) in [6.45, 7) is 10.9. The van der Waals surface area contributed by atoms with Gasteiger partial charge < -0.3 is 15.4 Å². The van der Waals surface area contributed by atoms with Gasteiger partial charge in [0.05, 0.1) is 28.8 Å². The van der Waals surface area contributed by atoms with Crippen LogP contribution in [-0.4, -0.2) is 33.9 Å². The summed E-state index contributed by atoms with van der Waals surface area (Å²) in [5.74, 6) is -1.32. The minimum atomic E-state index is -0.509. The first-order valence-corrected chi connectivity index (χ1v) is 13.6. The van der Waals surface area contributed by atoms with Crippen molar-refractivity contribution in [3.05, 3.63) is 72.5 Å². The van der Waals surface area contributed by atoms with Crippen molar-refractivity contribution in [2.75, 3.05) is 17.2 Å². The number of esters is 1. The molecule has 1 aromatic carbocycles. The van der Waals surface area contributed by atoms with Gasteiger partial charge in [0, 0.05) is 10.6 Å². The van der Waals surface area contributed by atoms with E-state index in [0.717, 1.165) is 32.9 Å². The van der Waals surface area contributed by atoms with E-state index in [0.29, 0.717) is 36.9 Å². The number of nitrogens with zero attached hydrogens (tertiary/aromatic N) is 2. The first-order chi connectivity index (χ1) is 18.0. The van der Waals surface area contributed by atoms with Gasteiger partial charge in [0.15, 0.2) is 0 Å². The Morgan fingerprint density at radius 1 is 1.03 bits per heavy atom. The van der Waals surface area contributed by atoms with Crippen molar-refractivity contribution < 1.29 is 19.1 Å². The molecule has 0 bridgehead atoms. The van der Waals surface area contributed by atoms with Crippen molar-refractivity contribution in [3.8, 4) is 0 Å². The van der Waals surface area contributed by atoms with Crippen LogP contribution in [0.3, 0.4) is 0 Å². The van der Waals surface area contributed by atoms with Crippen LogP contribution in [0.25, 0.3) is 10.2 Å². The quantitative estimate of drug-likeness (QED) is 0.307. The van der Waals surface area contributed by atoms with Crippen LogP contribution >= 0.6 is 22.7 Å². The first-order valence-electron chi connectivity index (χ1n) is 12.0. The highest BCUT2D eigenvalue weighted by Crippen LogP contribution is 2.33. The van der Waals surface area contributed by atoms with Crippen LogP contribution < -0.4 is 16.2 Å². The van der Waals surface area contributed by atoms with Crippen LogP contribution in [0.2, 0.25) is 0 Å². The normalized spacial score (nSPS) is 11.0. The lowest BCUT2D eigenvalue weighted by Gasteiger charge is -2.09. The summed E-state index contributed by atoms with van der Waals surface area (Å²) in [6.07, 6.45) is 1.29. The Hall–Kier alpha value is -3.83. The van der Waals surface area contributed by atoms with E-state index in [1.54, 1.807) is 20.8 Å². The van der Waals surface area contributed by atoms with Crippen molar-refractivity contribution in [2.24, 2.45) is 0 Å². The summed E-state index contributed by atoms with van der Waals surface area (Å²) < 4.78 is 6.33. The first kappa shape index (κ1) is 27.2. The van der Waals surface area contributed by atoms with Gasteiger partial charge in [-0.3, -0.25) is 19.0 Å². The second kappa shape index (κ2) is 10.9. The Balaban J connectivity index is 1.58. The summed E-state index contributed by atoms with van der Waals surface area (Å²) in [7, 11) is 0. The maximum atomic E-state index is 13.3. The third-order valence-electron chi connectivity index (χ3n) is 6.19. The van der Waals surface area contributed by atoms with Gasteiger partial charge in [0.1, 0.15) is 16.4 Å². The van der Waals surface area contributed by atoms with E-state index in [-0.39, 0.29) is 19.1 Å². The van der Waals surface area contributed by atoms with Gasteiger partial charge in [0.2, 0.25) is 5.91 Å². The average molecular weight is 553 g/mol. The lowest BCUT2D eigenvalue weighted by atomic mass is 10.1. The van der Waals surface area contributed by atoms with Crippen LogP contribution in [0.15, 0.2) is 29.3 Å². The largest absolute Gasteiger partial charge is 0.462 e. The molecule has 3 heterocycles. The molecule has 0 aliphatic carbocycles. The zero-order chi connectivity index (χ0) is 27.7. The molecule has 0 saturated carbocycles. The number of ether oxygens (including phenoxy) is 1. The molecule has 198 valence electrons. The maximum absolute atomic E-state index is 13.3. The number of rotatable bonds is 7. The molecule has 4 aromatic rings. The van der Waals surface area contributed by atoms with E-state index in [4.69, 9.17) is 4.74 Å². The number of hydrogen-bond acceptors (Lipinski definition) is 8. The van der Waals surface area contributed by atoms with Crippen LogP contribution in [0.1, 0.15) is 54.1 Å². The monoisotopic (exact) mass is 552 g/mol. The summed E-state index contributed by atoms with van der Waals surface area (Å²) in [6, 6.07) is 5.74. The number of thiophene rings is 2. The minimum absolute atomic E-state index is 0.215. The molecule has 0 aliphatic heterocycles. The number of hydrogen-bond donors (Lipinski definition) is 2. The number of carbonyl (C=O) groups excluding carboxylic acids is 3. The summed E-state index contributed by atoms with van der Waals surface area (Å²) in [5, 5.41) is 6.33. The highest BCUT2D eigenvalue weighted by atomic mass is 32.1. The SMILES string of the molecule is CCOC(=O)c1c(NC(=O)Cn2cnc3sc(C(=O)Nc4ccc(C)cc4C)c(C)c3c2=O)sc(C)c1C. The molecule has 9 nitrogen and oxygen atoms in total. The molecular weight excluding hydrogens is 524 g/mol. The third-order valence-corrected chi connectivity index (χ3v) is 8.51. The molecule has 0 radical (unpaired) electrons. The fourth-order valence-corrected chi connectivity index (χ4v) is 6.21. The van der Waals surface area contributed by atoms with E-state index in [9.17, 15) is 19.2 Å². The topological polar surface area (TPSA) is 119 Å². The van der Waals surface area contributed by atoms with E-state index >= 15 is 0 Å². The molecule has 2 N–H and O–H groups in total. The number of nitrogens with one attached hydrogen (secondary N) is 2. The van der Waals surface area contributed by atoms with E-state index < -0.39 is 17.4 Å². The van der Waals surface area contributed by atoms with Crippen molar-refractivity contribution in [1.29, 1.82) is 0 Å². The van der Waals surface area contributed by atoms with Gasteiger partial charge in [-0.2, -0.15) is 0 Å². The predicted molar refractivity (Wildman–Crippen MR) is 151 cm³/mol. The van der Waals surface area contributed by atoms with E-state index in [2.05, 4.69) is 15.6 Å². The van der Waals surface area contributed by atoms with Gasteiger partial charge in [-0.25, -0.2) is 9.78 Å². The maximum Gasteiger partial charge on any atom is 0.341 e. The van der Waals surface area contributed by atoms with Crippen LogP contribution in [0, 0.1) is 34.6 Å². The summed E-state index contributed by atoms with van der Waals surface area (Å²) in [5.41, 5.74) is 3.86. The molecule has 0 aliphatic rings. The Bertz CT molecular complexity index is 1650. The fourth-order valence-electron chi connectivity index (χ4n) is 4.11. The number of amides is 2. The number of carbonyl (C=O) groups is 3. The van der Waals surface area contributed by atoms with E-state index in [1.165, 1.54) is 22.2 Å². The molecule has 3 aromatic heterocycles. The lowest BCUT2D eigenvalue weighted by Crippen LogP contribution is -2.28. The van der Waals surface area contributed by atoms with Crippen LogP contribution in [0.4, 0.5) is 10.7 Å². The molecule has 2 amide bonds. The van der Waals surface area contributed by atoms with Gasteiger partial charge in [-0.1, -0.05) is 17.7 Å². The Morgan fingerprint density at radius 2 is 1.76 bits per heavy atom. The Kier molecular flexibility index (Phi) is 7.79. The molecule has 0 fully saturated rings. The van der Waals surface area contributed by atoms with Crippen molar-refractivity contribution in [2.45, 2.75) is 48.1 Å². The Labute approximate surface area is 227 Å². The summed E-state index contributed by atoms with van der Waals surface area (Å²) >= 11 is 2.41. The number of aryl methyl sites for hydroxylation is 4. The predicted octanol–water partition coefficient (Wildman–Crippen LogP) is 5.13. The number of anilines is 2. The molecule has 38 heavy (non-hydrogen) atoms. The lowest BCUT2D eigenvalue weighted by molar-refractivity contribution is -0.116.